The van der Waals surface area contributed by atoms with Gasteiger partial charge >= 0.3 is 0 Å². The van der Waals surface area contributed by atoms with Crippen molar-refractivity contribution in [2.75, 3.05) is 19.9 Å². The number of hydrogen-bond acceptors (Lipinski definition) is 3. The Hall–Kier alpha value is -2.34. The van der Waals surface area contributed by atoms with E-state index in [2.05, 4.69) is 4.99 Å². The summed E-state index contributed by atoms with van der Waals surface area (Å²) in [6, 6.07) is 10.7. The van der Waals surface area contributed by atoms with E-state index in [1.54, 1.807) is 0 Å². The minimum absolute atomic E-state index is 0.0223. The van der Waals surface area contributed by atoms with Gasteiger partial charge in [0, 0.05) is 0 Å². The molecule has 0 N–H and O–H groups in total. The van der Waals surface area contributed by atoms with E-state index in [0.29, 0.717) is 6.61 Å². The molecule has 0 aromatic heterocycles. The number of benzene rings is 2. The Morgan fingerprint density at radius 1 is 1.08 bits per heavy atom. The zero-order valence-corrected chi connectivity index (χ0v) is 12.8. The van der Waals surface area contributed by atoms with Crippen LogP contribution in [0.1, 0.15) is 22.7 Å². The summed E-state index contributed by atoms with van der Waals surface area (Å²) < 4.78 is 50.1. The molecule has 3 rings (SSSR count). The van der Waals surface area contributed by atoms with E-state index in [1.807, 2.05) is 24.3 Å². The van der Waals surface area contributed by atoms with E-state index >= 15 is 0 Å². The number of nitrogens with zero attached hydrogens (tertiary/aromatic N) is 1. The monoisotopic (exact) mass is 335 g/mol. The first-order valence-corrected chi connectivity index (χ1v) is 7.56. The molecular formula is C18H16F3NO2. The van der Waals surface area contributed by atoms with E-state index in [1.165, 1.54) is 18.2 Å². The number of hydrogen-bond donors (Lipinski definition) is 0. The Morgan fingerprint density at radius 3 is 2.46 bits per heavy atom. The standard InChI is InChI=1S/C18H16F3NO2/c19-8-9-23-10-12-4-6-13(7-5-12)16-11-24-18(22-16)17-14(20)2-1-3-15(17)21/h1-7,16H,8-11H2. The first-order valence-electron chi connectivity index (χ1n) is 7.56. The second-order valence-electron chi connectivity index (χ2n) is 5.34. The Bertz CT molecular complexity index is 711. The van der Waals surface area contributed by atoms with Crippen LogP contribution in [0.5, 0.6) is 0 Å². The lowest BCUT2D eigenvalue weighted by Gasteiger charge is -2.07. The van der Waals surface area contributed by atoms with E-state index < -0.39 is 18.3 Å². The molecule has 1 aliphatic heterocycles. The lowest BCUT2D eigenvalue weighted by atomic mass is 10.1. The van der Waals surface area contributed by atoms with Crippen LogP contribution >= 0.6 is 0 Å². The lowest BCUT2D eigenvalue weighted by molar-refractivity contribution is 0.106. The molecule has 0 bridgehead atoms. The number of rotatable bonds is 6. The van der Waals surface area contributed by atoms with Gasteiger partial charge in [0.1, 0.15) is 36.5 Å². The fourth-order valence-electron chi connectivity index (χ4n) is 2.46. The molecule has 1 atom stereocenters. The van der Waals surface area contributed by atoms with Gasteiger partial charge in [0.05, 0.1) is 13.2 Å². The lowest BCUT2D eigenvalue weighted by Crippen LogP contribution is -2.07. The van der Waals surface area contributed by atoms with Gasteiger partial charge in [0.25, 0.3) is 0 Å². The molecule has 1 aliphatic rings. The van der Waals surface area contributed by atoms with Gasteiger partial charge in [-0.15, -0.1) is 0 Å². The molecule has 1 unspecified atom stereocenters. The average molecular weight is 335 g/mol. The first kappa shape index (κ1) is 16.5. The molecule has 3 nitrogen and oxygen atoms in total. The number of ether oxygens (including phenoxy) is 2. The van der Waals surface area contributed by atoms with Crippen molar-refractivity contribution in [2.45, 2.75) is 12.6 Å². The van der Waals surface area contributed by atoms with Crippen LogP contribution in [0.2, 0.25) is 0 Å². The highest BCUT2D eigenvalue weighted by Crippen LogP contribution is 2.27. The van der Waals surface area contributed by atoms with Crippen molar-refractivity contribution in [1.82, 2.24) is 0 Å². The summed E-state index contributed by atoms with van der Waals surface area (Å²) in [5.74, 6) is -1.42. The Morgan fingerprint density at radius 2 is 1.79 bits per heavy atom. The molecule has 126 valence electrons. The molecule has 6 heteroatoms. The summed E-state index contributed by atoms with van der Waals surface area (Å²) in [6.45, 7) is 0.114. The van der Waals surface area contributed by atoms with Crippen LogP contribution in [0.15, 0.2) is 47.5 Å². The van der Waals surface area contributed by atoms with Gasteiger partial charge in [-0.25, -0.2) is 18.2 Å². The highest BCUT2D eigenvalue weighted by molar-refractivity contribution is 5.95. The Labute approximate surface area is 137 Å². The van der Waals surface area contributed by atoms with Crippen LogP contribution < -0.4 is 0 Å². The fourth-order valence-corrected chi connectivity index (χ4v) is 2.46. The van der Waals surface area contributed by atoms with E-state index in [0.717, 1.165) is 11.1 Å². The third-order valence-electron chi connectivity index (χ3n) is 3.68. The number of alkyl halides is 1. The van der Waals surface area contributed by atoms with Crippen LogP contribution in [0.4, 0.5) is 13.2 Å². The molecular weight excluding hydrogens is 319 g/mol. The molecule has 0 fully saturated rings. The normalized spacial score (nSPS) is 16.8. The second kappa shape index (κ2) is 7.49. The van der Waals surface area contributed by atoms with Gasteiger partial charge in [-0.3, -0.25) is 0 Å². The zero-order valence-electron chi connectivity index (χ0n) is 12.8. The van der Waals surface area contributed by atoms with Crippen LogP contribution in [-0.2, 0) is 16.1 Å². The van der Waals surface area contributed by atoms with Crippen LogP contribution in [-0.4, -0.2) is 25.8 Å². The summed E-state index contributed by atoms with van der Waals surface area (Å²) in [5, 5.41) is 0. The zero-order chi connectivity index (χ0) is 16.9. The molecule has 1 heterocycles. The fraction of sp³-hybridized carbons (Fsp3) is 0.278. The van der Waals surface area contributed by atoms with Crippen molar-refractivity contribution in [3.63, 3.8) is 0 Å². The predicted molar refractivity (Wildman–Crippen MR) is 83.7 cm³/mol. The van der Waals surface area contributed by atoms with Gasteiger partial charge in [-0.2, -0.15) is 0 Å². The van der Waals surface area contributed by atoms with Crippen molar-refractivity contribution >= 4 is 5.90 Å². The summed E-state index contributed by atoms with van der Waals surface area (Å²) in [7, 11) is 0. The molecule has 0 saturated heterocycles. The smallest absolute Gasteiger partial charge is 0.222 e. The highest BCUT2D eigenvalue weighted by Gasteiger charge is 2.25. The molecule has 2 aromatic carbocycles. The maximum Gasteiger partial charge on any atom is 0.222 e. The van der Waals surface area contributed by atoms with E-state index in [-0.39, 0.29) is 30.7 Å². The molecule has 0 aliphatic carbocycles. The van der Waals surface area contributed by atoms with Gasteiger partial charge in [0.2, 0.25) is 5.90 Å². The Balaban J connectivity index is 1.74. The molecule has 0 spiro atoms. The summed E-state index contributed by atoms with van der Waals surface area (Å²) in [5.41, 5.74) is 1.54. The molecule has 24 heavy (non-hydrogen) atoms. The summed E-state index contributed by atoms with van der Waals surface area (Å²) in [4.78, 5) is 4.29. The highest BCUT2D eigenvalue weighted by atomic mass is 19.1. The third kappa shape index (κ3) is 3.59. The first-order chi connectivity index (χ1) is 11.7. The number of aliphatic imine (C=N–C) groups is 1. The molecule has 2 aromatic rings. The van der Waals surface area contributed by atoms with Gasteiger partial charge < -0.3 is 9.47 Å². The minimum atomic E-state index is -0.699. The molecule has 0 amide bonds. The largest absolute Gasteiger partial charge is 0.475 e. The topological polar surface area (TPSA) is 30.8 Å². The van der Waals surface area contributed by atoms with Crippen molar-refractivity contribution in [2.24, 2.45) is 4.99 Å². The summed E-state index contributed by atoms with van der Waals surface area (Å²) in [6.07, 6.45) is 0. The maximum absolute atomic E-state index is 13.8. The maximum atomic E-state index is 13.8. The van der Waals surface area contributed by atoms with Gasteiger partial charge in [-0.05, 0) is 23.3 Å². The SMILES string of the molecule is FCCOCc1ccc(C2COC(c3c(F)cccc3F)=N2)cc1. The molecule has 0 radical (unpaired) electrons. The van der Waals surface area contributed by atoms with E-state index in [4.69, 9.17) is 9.47 Å². The van der Waals surface area contributed by atoms with Gasteiger partial charge in [-0.1, -0.05) is 30.3 Å². The van der Waals surface area contributed by atoms with Crippen LogP contribution in [0.25, 0.3) is 0 Å². The number of halogens is 3. The van der Waals surface area contributed by atoms with Crippen molar-refractivity contribution in [1.29, 1.82) is 0 Å². The quantitative estimate of drug-likeness (QED) is 0.748. The average Bonchev–Trinajstić information content (AvgIpc) is 3.05. The minimum Gasteiger partial charge on any atom is -0.475 e. The van der Waals surface area contributed by atoms with Crippen LogP contribution in [0, 0.1) is 11.6 Å². The summed E-state index contributed by atoms with van der Waals surface area (Å²) >= 11 is 0. The van der Waals surface area contributed by atoms with Crippen molar-refractivity contribution in [3.05, 3.63) is 70.8 Å². The van der Waals surface area contributed by atoms with Gasteiger partial charge in [0.15, 0.2) is 0 Å². The molecule has 0 saturated carbocycles. The van der Waals surface area contributed by atoms with E-state index in [9.17, 15) is 13.2 Å². The second-order valence-corrected chi connectivity index (χ2v) is 5.34. The van der Waals surface area contributed by atoms with Crippen molar-refractivity contribution in [3.8, 4) is 0 Å². The predicted octanol–water partition coefficient (Wildman–Crippen LogP) is 3.97. The van der Waals surface area contributed by atoms with Crippen molar-refractivity contribution < 1.29 is 22.6 Å². The Kier molecular flexibility index (Phi) is 5.15. The van der Waals surface area contributed by atoms with Crippen LogP contribution in [0.3, 0.4) is 0 Å². The third-order valence-corrected chi connectivity index (χ3v) is 3.68.